The number of Topliss-reactive ketones (excluding diaryl/α,β-unsaturated/α-hetero) is 1. The number of ketones is 1. The number of carbonyl (C=O) groups excluding carboxylic acids is 2. The zero-order valence-corrected chi connectivity index (χ0v) is 19.1. The van der Waals surface area contributed by atoms with Gasteiger partial charge in [-0.25, -0.2) is 4.39 Å². The molecule has 3 nitrogen and oxygen atoms in total. The van der Waals surface area contributed by atoms with Crippen molar-refractivity contribution >= 4 is 40.6 Å². The zero-order chi connectivity index (χ0) is 23.1. The third-order valence-electron chi connectivity index (χ3n) is 6.42. The predicted molar refractivity (Wildman–Crippen MR) is 128 cm³/mol. The maximum Gasteiger partial charge on any atom is 0.232 e. The Hall–Kier alpha value is -2.95. The minimum Gasteiger partial charge on any atom is -0.294 e. The van der Waals surface area contributed by atoms with Gasteiger partial charge in [-0.05, 0) is 59.9 Å². The number of hydrogen-bond donors (Lipinski definition) is 0. The smallest absolute Gasteiger partial charge is 0.232 e. The summed E-state index contributed by atoms with van der Waals surface area (Å²) in [6.45, 7) is 0. The Bertz CT molecular complexity index is 1270. The Balaban J connectivity index is 1.67. The molecule has 1 aliphatic carbocycles. The highest BCUT2D eigenvalue weighted by Crippen LogP contribution is 2.48. The molecule has 1 amide bonds. The second-order valence-corrected chi connectivity index (χ2v) is 9.27. The molecule has 33 heavy (non-hydrogen) atoms. The first-order chi connectivity index (χ1) is 15.9. The molecule has 166 valence electrons. The van der Waals surface area contributed by atoms with Crippen molar-refractivity contribution in [2.45, 2.75) is 31.1 Å². The average Bonchev–Trinajstić information content (AvgIpc) is 2.80. The number of nitrogens with zero attached hydrogens (tertiary/aromatic N) is 1. The van der Waals surface area contributed by atoms with Crippen molar-refractivity contribution in [3.63, 3.8) is 0 Å². The summed E-state index contributed by atoms with van der Waals surface area (Å²) in [4.78, 5) is 28.6. The van der Waals surface area contributed by atoms with Crippen LogP contribution >= 0.6 is 23.2 Å². The molecule has 2 aliphatic rings. The molecule has 0 bridgehead atoms. The van der Waals surface area contributed by atoms with E-state index in [1.807, 2.05) is 30.3 Å². The van der Waals surface area contributed by atoms with E-state index in [0.29, 0.717) is 45.4 Å². The number of benzene rings is 3. The van der Waals surface area contributed by atoms with Gasteiger partial charge in [0.15, 0.2) is 5.78 Å². The number of amides is 1. The highest BCUT2D eigenvalue weighted by molar-refractivity contribution is 6.35. The lowest BCUT2D eigenvalue weighted by Gasteiger charge is -2.40. The van der Waals surface area contributed by atoms with Crippen LogP contribution < -0.4 is 4.90 Å². The number of anilines is 1. The lowest BCUT2D eigenvalue weighted by atomic mass is 9.72. The zero-order valence-electron chi connectivity index (χ0n) is 17.6. The van der Waals surface area contributed by atoms with E-state index in [4.69, 9.17) is 23.2 Å². The fourth-order valence-electron chi connectivity index (χ4n) is 4.94. The van der Waals surface area contributed by atoms with Crippen molar-refractivity contribution < 1.29 is 14.0 Å². The van der Waals surface area contributed by atoms with E-state index < -0.39 is 5.92 Å². The van der Waals surface area contributed by atoms with Crippen LogP contribution in [0.1, 0.15) is 42.2 Å². The molecule has 0 aromatic heterocycles. The maximum absolute atomic E-state index is 13.6. The van der Waals surface area contributed by atoms with Crippen molar-refractivity contribution in [2.75, 3.05) is 4.90 Å². The summed E-state index contributed by atoms with van der Waals surface area (Å²) in [5.41, 5.74) is 3.59. The fraction of sp³-hybridized carbons (Fsp3) is 0.185. The van der Waals surface area contributed by atoms with Crippen LogP contribution in [0.3, 0.4) is 0 Å². The van der Waals surface area contributed by atoms with Crippen LogP contribution in [0, 0.1) is 5.82 Å². The minimum atomic E-state index is -0.446. The summed E-state index contributed by atoms with van der Waals surface area (Å²) in [5, 5.41) is 0.924. The Labute approximate surface area is 201 Å². The molecule has 0 N–H and O–H groups in total. The maximum atomic E-state index is 13.6. The second kappa shape index (κ2) is 8.77. The summed E-state index contributed by atoms with van der Waals surface area (Å²) >= 11 is 12.6. The third-order valence-corrected chi connectivity index (χ3v) is 6.99. The molecule has 0 saturated carbocycles. The van der Waals surface area contributed by atoms with Crippen LogP contribution in [0.2, 0.25) is 10.0 Å². The first-order valence-corrected chi connectivity index (χ1v) is 11.5. The molecular weight excluding hydrogens is 460 g/mol. The van der Waals surface area contributed by atoms with Crippen molar-refractivity contribution in [3.8, 4) is 0 Å². The quantitative estimate of drug-likeness (QED) is 0.403. The van der Waals surface area contributed by atoms with E-state index in [0.717, 1.165) is 5.56 Å². The molecule has 3 aromatic rings. The summed E-state index contributed by atoms with van der Waals surface area (Å²) in [6, 6.07) is 20.8. The Morgan fingerprint density at radius 2 is 1.58 bits per heavy atom. The van der Waals surface area contributed by atoms with Gasteiger partial charge in [-0.2, -0.15) is 0 Å². The second-order valence-electron chi connectivity index (χ2n) is 8.43. The molecule has 2 unspecified atom stereocenters. The molecule has 2 atom stereocenters. The van der Waals surface area contributed by atoms with E-state index >= 15 is 0 Å². The highest BCUT2D eigenvalue weighted by atomic mass is 35.5. The topological polar surface area (TPSA) is 37.4 Å². The van der Waals surface area contributed by atoms with Gasteiger partial charge in [0, 0.05) is 45.8 Å². The number of halogens is 3. The van der Waals surface area contributed by atoms with Crippen LogP contribution in [-0.2, 0) is 9.59 Å². The first kappa shape index (κ1) is 21.9. The summed E-state index contributed by atoms with van der Waals surface area (Å²) in [6.07, 6.45) is 0.977. The molecular formula is C27H20Cl2FNO2. The Kier molecular flexibility index (Phi) is 5.81. The normalized spacial score (nSPS) is 20.8. The summed E-state index contributed by atoms with van der Waals surface area (Å²) in [7, 11) is 0. The van der Waals surface area contributed by atoms with Gasteiger partial charge in [-0.3, -0.25) is 14.5 Å². The standard InChI is InChI=1S/C27H20Cl2FNO2/c28-18-6-11-21(23(29)14-18)22-15-26(33)31(20-9-7-19(30)8-10-20)24-12-17(13-25(32)27(22)24)16-4-2-1-3-5-16/h1-11,14,17,22H,12-13,15H2. The largest absolute Gasteiger partial charge is 0.294 e. The van der Waals surface area contributed by atoms with E-state index in [2.05, 4.69) is 0 Å². The van der Waals surface area contributed by atoms with Crippen LogP contribution in [0.25, 0.3) is 0 Å². The number of allylic oxidation sites excluding steroid dienone is 2. The van der Waals surface area contributed by atoms with Gasteiger partial charge in [0.1, 0.15) is 5.82 Å². The molecule has 0 radical (unpaired) electrons. The number of rotatable bonds is 3. The fourth-order valence-corrected chi connectivity index (χ4v) is 5.48. The van der Waals surface area contributed by atoms with Crippen molar-refractivity contribution in [1.29, 1.82) is 0 Å². The van der Waals surface area contributed by atoms with E-state index in [1.165, 1.54) is 12.1 Å². The van der Waals surface area contributed by atoms with Gasteiger partial charge < -0.3 is 0 Å². The molecule has 3 aromatic carbocycles. The SMILES string of the molecule is O=C1CC(c2ccccc2)CC2=C1C(c1ccc(Cl)cc1Cl)CC(=O)N2c1ccc(F)cc1. The van der Waals surface area contributed by atoms with Crippen molar-refractivity contribution in [3.05, 3.63) is 111 Å². The van der Waals surface area contributed by atoms with Crippen LogP contribution in [0.15, 0.2) is 84.1 Å². The first-order valence-electron chi connectivity index (χ1n) is 10.8. The van der Waals surface area contributed by atoms with Crippen LogP contribution in [0.5, 0.6) is 0 Å². The summed E-state index contributed by atoms with van der Waals surface area (Å²) in [5.74, 6) is -1.03. The molecule has 0 spiro atoms. The van der Waals surface area contributed by atoms with E-state index in [9.17, 15) is 14.0 Å². The molecule has 0 saturated heterocycles. The van der Waals surface area contributed by atoms with Gasteiger partial charge in [0.25, 0.3) is 0 Å². The van der Waals surface area contributed by atoms with Gasteiger partial charge >= 0.3 is 0 Å². The Morgan fingerprint density at radius 3 is 2.27 bits per heavy atom. The molecule has 1 aliphatic heterocycles. The predicted octanol–water partition coefficient (Wildman–Crippen LogP) is 7.05. The van der Waals surface area contributed by atoms with Gasteiger partial charge in [-0.1, -0.05) is 59.6 Å². The summed E-state index contributed by atoms with van der Waals surface area (Å²) < 4.78 is 13.6. The van der Waals surface area contributed by atoms with Crippen LogP contribution in [-0.4, -0.2) is 11.7 Å². The minimum absolute atomic E-state index is 0.000677. The third kappa shape index (κ3) is 4.09. The highest BCUT2D eigenvalue weighted by Gasteiger charge is 2.43. The number of carbonyl (C=O) groups is 2. The van der Waals surface area contributed by atoms with E-state index in [-0.39, 0.29) is 29.8 Å². The molecule has 6 heteroatoms. The lowest BCUT2D eigenvalue weighted by molar-refractivity contribution is -0.120. The monoisotopic (exact) mass is 479 g/mol. The molecule has 5 rings (SSSR count). The van der Waals surface area contributed by atoms with Gasteiger partial charge in [-0.15, -0.1) is 0 Å². The van der Waals surface area contributed by atoms with Crippen LogP contribution in [0.4, 0.5) is 10.1 Å². The molecule has 1 heterocycles. The van der Waals surface area contributed by atoms with Crippen molar-refractivity contribution in [1.82, 2.24) is 0 Å². The average molecular weight is 480 g/mol. The van der Waals surface area contributed by atoms with Crippen molar-refractivity contribution in [2.24, 2.45) is 0 Å². The Morgan fingerprint density at radius 1 is 0.848 bits per heavy atom. The van der Waals surface area contributed by atoms with Gasteiger partial charge in [0.05, 0.1) is 0 Å². The number of hydrogen-bond acceptors (Lipinski definition) is 2. The van der Waals surface area contributed by atoms with E-state index in [1.54, 1.807) is 35.2 Å². The molecule has 0 fully saturated rings. The lowest BCUT2D eigenvalue weighted by Crippen LogP contribution is -2.41. The van der Waals surface area contributed by atoms with Gasteiger partial charge in [0.2, 0.25) is 5.91 Å².